The molecule has 0 aliphatic carbocycles. The van der Waals surface area contributed by atoms with Crippen LogP contribution in [0.15, 0.2) is 52.1 Å². The Morgan fingerprint density at radius 1 is 1.38 bits per heavy atom. The van der Waals surface area contributed by atoms with Crippen LogP contribution in [0, 0.1) is 0 Å². The summed E-state index contributed by atoms with van der Waals surface area (Å²) >= 11 is 1.74. The minimum Gasteiger partial charge on any atom is -0.355 e. The SMILES string of the molecule is Cn1c(-c2ccc(/C=N\NC3=NCCCN3)cc2)c[n+]2ccsc12. The van der Waals surface area contributed by atoms with Crippen molar-refractivity contribution < 1.29 is 4.40 Å². The zero-order chi connectivity index (χ0) is 16.4. The molecule has 3 aromatic rings. The van der Waals surface area contributed by atoms with Gasteiger partial charge < -0.3 is 5.32 Å². The van der Waals surface area contributed by atoms with E-state index in [-0.39, 0.29) is 0 Å². The Balaban J connectivity index is 1.49. The third-order valence-corrected chi connectivity index (χ3v) is 4.97. The van der Waals surface area contributed by atoms with Crippen molar-refractivity contribution in [2.24, 2.45) is 17.1 Å². The monoisotopic (exact) mass is 339 g/mol. The second-order valence-corrected chi connectivity index (χ2v) is 6.54. The van der Waals surface area contributed by atoms with Crippen molar-refractivity contribution in [1.82, 2.24) is 15.3 Å². The molecule has 2 aromatic heterocycles. The third kappa shape index (κ3) is 2.90. The molecule has 0 amide bonds. The lowest BCUT2D eigenvalue weighted by Gasteiger charge is -2.12. The largest absolute Gasteiger partial charge is 0.355 e. The first-order valence-electron chi connectivity index (χ1n) is 7.93. The van der Waals surface area contributed by atoms with Gasteiger partial charge in [-0.3, -0.25) is 4.99 Å². The minimum absolute atomic E-state index is 0.745. The number of guanidine groups is 1. The maximum absolute atomic E-state index is 4.32. The fourth-order valence-electron chi connectivity index (χ4n) is 2.74. The fourth-order valence-corrected chi connectivity index (χ4v) is 3.54. The summed E-state index contributed by atoms with van der Waals surface area (Å²) < 4.78 is 4.36. The summed E-state index contributed by atoms with van der Waals surface area (Å²) in [6.07, 6.45) is 7.12. The molecular formula is C17H19N6S+. The second kappa shape index (κ2) is 6.45. The molecule has 122 valence electrons. The van der Waals surface area contributed by atoms with Gasteiger partial charge in [0.05, 0.1) is 13.3 Å². The molecule has 0 saturated carbocycles. The maximum atomic E-state index is 4.32. The van der Waals surface area contributed by atoms with Crippen LogP contribution in [-0.2, 0) is 7.05 Å². The average molecular weight is 339 g/mol. The molecule has 0 radical (unpaired) electrons. The zero-order valence-corrected chi connectivity index (χ0v) is 14.3. The lowest BCUT2D eigenvalue weighted by Crippen LogP contribution is -2.38. The molecule has 3 heterocycles. The molecule has 4 rings (SSSR count). The van der Waals surface area contributed by atoms with Gasteiger partial charge in [-0.2, -0.15) is 9.50 Å². The van der Waals surface area contributed by atoms with E-state index in [9.17, 15) is 0 Å². The van der Waals surface area contributed by atoms with Crippen molar-refractivity contribution in [2.75, 3.05) is 13.1 Å². The van der Waals surface area contributed by atoms with Gasteiger partial charge in [-0.25, -0.2) is 9.99 Å². The number of aryl methyl sites for hydroxylation is 1. The molecule has 0 bridgehead atoms. The number of benzene rings is 1. The van der Waals surface area contributed by atoms with E-state index in [0.717, 1.165) is 31.0 Å². The normalized spacial score (nSPS) is 14.8. The van der Waals surface area contributed by atoms with Crippen LogP contribution in [-0.4, -0.2) is 29.8 Å². The number of rotatable bonds is 3. The van der Waals surface area contributed by atoms with Gasteiger partial charge in [0.15, 0.2) is 5.69 Å². The molecule has 0 unspecified atom stereocenters. The van der Waals surface area contributed by atoms with Crippen LogP contribution in [0.5, 0.6) is 0 Å². The van der Waals surface area contributed by atoms with Gasteiger partial charge in [-0.15, -0.1) is 0 Å². The van der Waals surface area contributed by atoms with E-state index < -0.39 is 0 Å². The van der Waals surface area contributed by atoms with Crippen LogP contribution in [0.4, 0.5) is 0 Å². The number of imidazole rings is 1. The van der Waals surface area contributed by atoms with E-state index in [4.69, 9.17) is 0 Å². The standard InChI is InChI=1S/C17H19N6S/c1-22-15(12-23-9-10-24-17(22)23)14-5-3-13(4-6-14)11-20-21-16-18-7-2-8-19-16/h3-6,9-12H,2,7-8H2,1H3,(H2,18,19,21)/q+1/b20-11-. The highest BCUT2D eigenvalue weighted by atomic mass is 32.1. The van der Waals surface area contributed by atoms with E-state index in [2.05, 4.69) is 78.9 Å². The Labute approximate surface area is 144 Å². The predicted octanol–water partition coefficient (Wildman–Crippen LogP) is 1.77. The van der Waals surface area contributed by atoms with Crippen LogP contribution >= 0.6 is 11.3 Å². The summed E-state index contributed by atoms with van der Waals surface area (Å²) in [6, 6.07) is 8.39. The lowest BCUT2D eigenvalue weighted by atomic mass is 10.1. The quantitative estimate of drug-likeness (QED) is 0.434. The molecule has 2 N–H and O–H groups in total. The number of thiazole rings is 1. The van der Waals surface area contributed by atoms with Gasteiger partial charge in [0.25, 0.3) is 0 Å². The van der Waals surface area contributed by atoms with Gasteiger partial charge in [0.2, 0.25) is 5.96 Å². The Kier molecular flexibility index (Phi) is 4.00. The number of aliphatic imine (C=N–C) groups is 1. The number of nitrogens with one attached hydrogen (secondary N) is 2. The van der Waals surface area contributed by atoms with E-state index in [1.54, 1.807) is 17.6 Å². The predicted molar refractivity (Wildman–Crippen MR) is 97.5 cm³/mol. The number of fused-ring (bicyclic) bond motifs is 1. The molecule has 1 aromatic carbocycles. The van der Waals surface area contributed by atoms with Gasteiger partial charge >= 0.3 is 4.96 Å². The van der Waals surface area contributed by atoms with Crippen LogP contribution in [0.25, 0.3) is 16.2 Å². The van der Waals surface area contributed by atoms with Crippen LogP contribution in [0.3, 0.4) is 0 Å². The summed E-state index contributed by atoms with van der Waals surface area (Å²) in [4.78, 5) is 5.54. The van der Waals surface area contributed by atoms with E-state index in [1.165, 1.54) is 16.2 Å². The van der Waals surface area contributed by atoms with Crippen LogP contribution in [0.2, 0.25) is 0 Å². The second-order valence-electron chi connectivity index (χ2n) is 5.67. The minimum atomic E-state index is 0.745. The number of hydrogen-bond donors (Lipinski definition) is 2. The van der Waals surface area contributed by atoms with Gasteiger partial charge in [0, 0.05) is 24.0 Å². The van der Waals surface area contributed by atoms with Crippen molar-refractivity contribution >= 4 is 28.5 Å². The van der Waals surface area contributed by atoms with Crippen molar-refractivity contribution in [2.45, 2.75) is 6.42 Å². The first-order chi connectivity index (χ1) is 11.8. The fraction of sp³-hybridized carbons (Fsp3) is 0.235. The number of hydrazone groups is 1. The first kappa shape index (κ1) is 14.9. The van der Waals surface area contributed by atoms with Crippen LogP contribution in [0.1, 0.15) is 12.0 Å². The third-order valence-electron chi connectivity index (χ3n) is 4.01. The molecule has 0 fully saturated rings. The van der Waals surface area contributed by atoms with Crippen molar-refractivity contribution in [3.05, 3.63) is 47.6 Å². The number of aromatic nitrogens is 2. The van der Waals surface area contributed by atoms with Crippen molar-refractivity contribution in [1.29, 1.82) is 0 Å². The highest BCUT2D eigenvalue weighted by Crippen LogP contribution is 2.21. The summed E-state index contributed by atoms with van der Waals surface area (Å²) in [5.74, 6) is 0.745. The molecule has 7 heteroatoms. The van der Waals surface area contributed by atoms with E-state index >= 15 is 0 Å². The van der Waals surface area contributed by atoms with Gasteiger partial charge in [0.1, 0.15) is 12.4 Å². The van der Waals surface area contributed by atoms with E-state index in [1.807, 2.05) is 0 Å². The highest BCUT2D eigenvalue weighted by molar-refractivity contribution is 7.14. The molecule has 0 spiro atoms. The Bertz CT molecular complexity index is 903. The highest BCUT2D eigenvalue weighted by Gasteiger charge is 2.16. The lowest BCUT2D eigenvalue weighted by molar-refractivity contribution is -0.505. The Morgan fingerprint density at radius 2 is 2.25 bits per heavy atom. The maximum Gasteiger partial charge on any atom is 0.345 e. The molecule has 24 heavy (non-hydrogen) atoms. The summed E-state index contributed by atoms with van der Waals surface area (Å²) in [5.41, 5.74) is 6.38. The van der Waals surface area contributed by atoms with Gasteiger partial charge in [-0.1, -0.05) is 23.5 Å². The molecule has 0 saturated heterocycles. The Morgan fingerprint density at radius 3 is 3.00 bits per heavy atom. The molecule has 1 aliphatic rings. The number of nitrogens with zero attached hydrogens (tertiary/aromatic N) is 4. The molecular weight excluding hydrogens is 320 g/mol. The average Bonchev–Trinajstić information content (AvgIpc) is 3.20. The summed E-state index contributed by atoms with van der Waals surface area (Å²) in [7, 11) is 2.10. The zero-order valence-electron chi connectivity index (χ0n) is 13.4. The molecule has 0 atom stereocenters. The first-order valence-corrected chi connectivity index (χ1v) is 8.81. The summed E-state index contributed by atoms with van der Waals surface area (Å²) in [6.45, 7) is 1.80. The smallest absolute Gasteiger partial charge is 0.345 e. The van der Waals surface area contributed by atoms with Gasteiger partial charge in [-0.05, 0) is 24.1 Å². The number of hydrogen-bond acceptors (Lipinski definition) is 5. The van der Waals surface area contributed by atoms with Crippen molar-refractivity contribution in [3.63, 3.8) is 0 Å². The van der Waals surface area contributed by atoms with Crippen molar-refractivity contribution in [3.8, 4) is 11.3 Å². The molecule has 6 nitrogen and oxygen atoms in total. The topological polar surface area (TPSA) is 57.8 Å². The molecule has 1 aliphatic heterocycles. The van der Waals surface area contributed by atoms with Crippen LogP contribution < -0.4 is 15.1 Å². The van der Waals surface area contributed by atoms with E-state index in [0.29, 0.717) is 0 Å². The summed E-state index contributed by atoms with van der Waals surface area (Å²) in [5, 5.41) is 9.50. The Hall–Kier alpha value is -2.67.